The summed E-state index contributed by atoms with van der Waals surface area (Å²) in [5.41, 5.74) is 0. The molecule has 0 heterocycles. The first-order valence-electron chi connectivity index (χ1n) is 23.9. The molecule has 2 N–H and O–H groups in total. The van der Waals surface area contributed by atoms with Crippen LogP contribution in [0.25, 0.3) is 0 Å². The zero-order valence-corrected chi connectivity index (χ0v) is 38.9. The Balaban J connectivity index is 4.44. The Kier molecular flexibility index (Phi) is 39.2. The molecule has 1 amide bonds. The lowest BCUT2D eigenvalue weighted by atomic mass is 10.0. The molecule has 0 aliphatic rings. The Morgan fingerprint density at radius 1 is 0.596 bits per heavy atom. The van der Waals surface area contributed by atoms with Crippen LogP contribution in [0.3, 0.4) is 0 Å². The van der Waals surface area contributed by atoms with Crippen molar-refractivity contribution >= 4 is 13.7 Å². The molecule has 0 bridgehead atoms. The third kappa shape index (κ3) is 42.6. The molecule has 8 nitrogen and oxygen atoms in total. The molecule has 0 radical (unpaired) electrons. The molecule has 3 unspecified atom stereocenters. The fourth-order valence-corrected chi connectivity index (χ4v) is 7.47. The Labute approximate surface area is 353 Å². The van der Waals surface area contributed by atoms with Crippen LogP contribution in [0.15, 0.2) is 36.5 Å². The fraction of sp³-hybridized carbons (Fsp3) is 0.854. The number of quaternary nitrogens is 1. The minimum Gasteiger partial charge on any atom is -0.756 e. The van der Waals surface area contributed by atoms with Crippen molar-refractivity contribution in [1.82, 2.24) is 5.32 Å². The van der Waals surface area contributed by atoms with Crippen LogP contribution >= 0.6 is 7.82 Å². The number of nitrogens with zero attached hydrogens (tertiary/aromatic N) is 1. The van der Waals surface area contributed by atoms with E-state index in [1.807, 2.05) is 27.2 Å². The molecule has 336 valence electrons. The largest absolute Gasteiger partial charge is 0.756 e. The molecule has 0 aromatic rings. The van der Waals surface area contributed by atoms with Gasteiger partial charge < -0.3 is 28.8 Å². The van der Waals surface area contributed by atoms with E-state index in [2.05, 4.69) is 43.5 Å². The summed E-state index contributed by atoms with van der Waals surface area (Å²) >= 11 is 0. The summed E-state index contributed by atoms with van der Waals surface area (Å²) in [6.45, 7) is 4.62. The summed E-state index contributed by atoms with van der Waals surface area (Å²) in [5, 5.41) is 13.8. The number of phosphoric ester groups is 1. The van der Waals surface area contributed by atoms with E-state index < -0.39 is 26.6 Å². The smallest absolute Gasteiger partial charge is 0.268 e. The predicted molar refractivity (Wildman–Crippen MR) is 242 cm³/mol. The van der Waals surface area contributed by atoms with E-state index in [0.717, 1.165) is 51.4 Å². The molecule has 0 aromatic heterocycles. The number of phosphoric acid groups is 1. The number of allylic oxidation sites excluding steroid dienone is 5. The monoisotopic (exact) mass is 825 g/mol. The highest BCUT2D eigenvalue weighted by atomic mass is 31.2. The van der Waals surface area contributed by atoms with Crippen LogP contribution in [-0.2, 0) is 18.4 Å². The molecule has 0 aromatic carbocycles. The first-order chi connectivity index (χ1) is 27.5. The second-order valence-corrected chi connectivity index (χ2v) is 18.9. The van der Waals surface area contributed by atoms with Gasteiger partial charge in [-0.1, -0.05) is 185 Å². The minimum atomic E-state index is -4.60. The highest BCUT2D eigenvalue weighted by Gasteiger charge is 2.23. The second kappa shape index (κ2) is 40.1. The van der Waals surface area contributed by atoms with Crippen molar-refractivity contribution in [2.45, 2.75) is 225 Å². The maximum Gasteiger partial charge on any atom is 0.268 e. The van der Waals surface area contributed by atoms with Crippen LogP contribution in [0.4, 0.5) is 0 Å². The van der Waals surface area contributed by atoms with Crippen LogP contribution < -0.4 is 10.2 Å². The lowest BCUT2D eigenvalue weighted by molar-refractivity contribution is -0.870. The van der Waals surface area contributed by atoms with E-state index in [4.69, 9.17) is 9.05 Å². The number of aliphatic hydroxyl groups is 1. The molecule has 0 saturated carbocycles. The second-order valence-electron chi connectivity index (χ2n) is 17.5. The van der Waals surface area contributed by atoms with E-state index >= 15 is 0 Å². The van der Waals surface area contributed by atoms with Gasteiger partial charge in [-0.25, -0.2) is 0 Å². The normalized spacial score (nSPS) is 14.6. The molecule has 57 heavy (non-hydrogen) atoms. The molecule has 0 saturated heterocycles. The number of carbonyl (C=O) groups is 1. The molecular weight excluding hydrogens is 732 g/mol. The Bertz CT molecular complexity index is 1030. The van der Waals surface area contributed by atoms with Gasteiger partial charge in [0.05, 0.1) is 39.9 Å². The van der Waals surface area contributed by atoms with Gasteiger partial charge in [-0.3, -0.25) is 9.36 Å². The van der Waals surface area contributed by atoms with Crippen molar-refractivity contribution < 1.29 is 32.9 Å². The lowest BCUT2D eigenvalue weighted by Gasteiger charge is -2.29. The van der Waals surface area contributed by atoms with Gasteiger partial charge in [-0.15, -0.1) is 0 Å². The fourth-order valence-electron chi connectivity index (χ4n) is 6.75. The van der Waals surface area contributed by atoms with E-state index in [1.165, 1.54) is 141 Å². The van der Waals surface area contributed by atoms with Crippen LogP contribution in [0.5, 0.6) is 0 Å². The predicted octanol–water partition coefficient (Wildman–Crippen LogP) is 12.8. The third-order valence-electron chi connectivity index (χ3n) is 10.6. The molecule has 0 rings (SSSR count). The Hall–Kier alpha value is -1.28. The maximum absolute atomic E-state index is 12.9. The number of hydrogen-bond donors (Lipinski definition) is 2. The number of carbonyl (C=O) groups excluding carboxylic acids is 1. The molecule has 0 spiro atoms. The van der Waals surface area contributed by atoms with Gasteiger partial charge in [-0.05, 0) is 57.8 Å². The molecule has 0 aliphatic heterocycles. The van der Waals surface area contributed by atoms with Gasteiger partial charge in [0.1, 0.15) is 13.2 Å². The van der Waals surface area contributed by atoms with E-state index in [0.29, 0.717) is 17.4 Å². The van der Waals surface area contributed by atoms with Gasteiger partial charge in [0.25, 0.3) is 7.82 Å². The van der Waals surface area contributed by atoms with Crippen molar-refractivity contribution in [2.24, 2.45) is 0 Å². The van der Waals surface area contributed by atoms with Crippen molar-refractivity contribution in [3.8, 4) is 0 Å². The van der Waals surface area contributed by atoms with Crippen LogP contribution in [0, 0.1) is 0 Å². The summed E-state index contributed by atoms with van der Waals surface area (Å²) < 4.78 is 23.2. The summed E-state index contributed by atoms with van der Waals surface area (Å²) in [6.07, 6.45) is 49.1. The molecule has 0 aliphatic carbocycles. The SMILES string of the molecule is CCCCCCCCC/C=C\CCCCCCCC(=O)NC(COP(=O)([O-])OCC[N+](C)(C)C)C(O)/C=C/CC/C=C/CCCCCCCCCCCCCCC. The average Bonchev–Trinajstić information content (AvgIpc) is 3.16. The van der Waals surface area contributed by atoms with Crippen LogP contribution in [0.2, 0.25) is 0 Å². The highest BCUT2D eigenvalue weighted by Crippen LogP contribution is 2.38. The van der Waals surface area contributed by atoms with Crippen molar-refractivity contribution in [3.05, 3.63) is 36.5 Å². The zero-order valence-electron chi connectivity index (χ0n) is 38.0. The Morgan fingerprint density at radius 2 is 0.982 bits per heavy atom. The number of nitrogens with one attached hydrogen (secondary N) is 1. The number of amides is 1. The number of hydrogen-bond acceptors (Lipinski definition) is 6. The maximum atomic E-state index is 12.9. The zero-order chi connectivity index (χ0) is 42.1. The third-order valence-corrected chi connectivity index (χ3v) is 11.5. The molecule has 0 fully saturated rings. The standard InChI is InChI=1S/C48H93N2O6P/c1-6-8-10-12-14-16-18-20-22-24-25-26-27-29-31-33-35-37-39-41-47(51)46(45-56-57(53,54)55-44-43-50(3,4)5)49-48(52)42-40-38-36-34-32-30-28-23-21-19-17-15-13-11-9-7-2/h23,28,31,33,39,41,46-47,51H,6-22,24-27,29-30,32,34-38,40,42-45H2,1-5H3,(H-,49,52,53,54)/b28-23-,33-31+,41-39+. The molecular formula is C48H93N2O6P. The summed E-state index contributed by atoms with van der Waals surface area (Å²) in [6, 6.07) is -0.906. The summed E-state index contributed by atoms with van der Waals surface area (Å²) in [7, 11) is 1.24. The van der Waals surface area contributed by atoms with Crippen molar-refractivity contribution in [3.63, 3.8) is 0 Å². The minimum absolute atomic E-state index is 0.00776. The van der Waals surface area contributed by atoms with Crippen LogP contribution in [-0.4, -0.2) is 68.5 Å². The van der Waals surface area contributed by atoms with Crippen molar-refractivity contribution in [2.75, 3.05) is 40.9 Å². The lowest BCUT2D eigenvalue weighted by Crippen LogP contribution is -2.45. The van der Waals surface area contributed by atoms with Crippen LogP contribution in [0.1, 0.15) is 213 Å². The number of unbranched alkanes of at least 4 members (excludes halogenated alkanes) is 26. The first kappa shape index (κ1) is 55.7. The summed E-state index contributed by atoms with van der Waals surface area (Å²) in [4.78, 5) is 25.3. The molecule has 3 atom stereocenters. The topological polar surface area (TPSA) is 108 Å². The molecule has 9 heteroatoms. The van der Waals surface area contributed by atoms with Gasteiger partial charge in [0.15, 0.2) is 0 Å². The average molecular weight is 825 g/mol. The number of rotatable bonds is 43. The highest BCUT2D eigenvalue weighted by molar-refractivity contribution is 7.45. The van der Waals surface area contributed by atoms with Gasteiger partial charge >= 0.3 is 0 Å². The number of likely N-dealkylation sites (N-methyl/N-ethyl adjacent to an activating group) is 1. The van der Waals surface area contributed by atoms with Gasteiger partial charge in [0, 0.05) is 6.42 Å². The van der Waals surface area contributed by atoms with Gasteiger partial charge in [0.2, 0.25) is 5.91 Å². The first-order valence-corrected chi connectivity index (χ1v) is 25.3. The number of aliphatic hydroxyl groups excluding tert-OH is 1. The van der Waals surface area contributed by atoms with E-state index in [9.17, 15) is 19.4 Å². The van der Waals surface area contributed by atoms with E-state index in [-0.39, 0.29) is 12.5 Å². The summed E-state index contributed by atoms with van der Waals surface area (Å²) in [5.74, 6) is -0.216. The van der Waals surface area contributed by atoms with Crippen molar-refractivity contribution in [1.29, 1.82) is 0 Å². The van der Waals surface area contributed by atoms with E-state index in [1.54, 1.807) is 6.08 Å². The Morgan fingerprint density at radius 3 is 1.42 bits per heavy atom. The van der Waals surface area contributed by atoms with Gasteiger partial charge in [-0.2, -0.15) is 0 Å². The quantitative estimate of drug-likeness (QED) is 0.0274.